The van der Waals surface area contributed by atoms with Crippen LogP contribution in [0.2, 0.25) is 0 Å². The fourth-order valence-corrected chi connectivity index (χ4v) is 1.72. The molecule has 0 saturated heterocycles. The Morgan fingerprint density at radius 3 is 2.89 bits per heavy atom. The molecule has 0 aliphatic carbocycles. The molecule has 2 aromatic rings. The standard InChI is InChI=1S/C13H14N4O2/c1-9-4-3-7-17(13(9)19)8-10-5-2-6-11(15-10)12(18)16-14/h2-7H,8,14H2,1H3,(H,16,18). The number of carbonyl (C=O) groups is 1. The van der Waals surface area contributed by atoms with Crippen molar-refractivity contribution in [2.75, 3.05) is 0 Å². The number of carbonyl (C=O) groups excluding carboxylic acids is 1. The summed E-state index contributed by atoms with van der Waals surface area (Å²) in [5, 5.41) is 0. The average Bonchev–Trinajstić information content (AvgIpc) is 2.43. The number of pyridine rings is 2. The Kier molecular flexibility index (Phi) is 3.72. The van der Waals surface area contributed by atoms with Crippen LogP contribution in [0.1, 0.15) is 21.7 Å². The quantitative estimate of drug-likeness (QED) is 0.467. The van der Waals surface area contributed by atoms with E-state index in [1.165, 1.54) is 0 Å². The van der Waals surface area contributed by atoms with E-state index in [0.717, 1.165) is 0 Å². The van der Waals surface area contributed by atoms with Gasteiger partial charge in [-0.2, -0.15) is 0 Å². The monoisotopic (exact) mass is 258 g/mol. The lowest BCUT2D eigenvalue weighted by Crippen LogP contribution is -2.31. The van der Waals surface area contributed by atoms with E-state index in [-0.39, 0.29) is 11.3 Å². The molecule has 0 fully saturated rings. The molecule has 2 aromatic heterocycles. The van der Waals surface area contributed by atoms with Crippen molar-refractivity contribution in [1.29, 1.82) is 0 Å². The molecule has 19 heavy (non-hydrogen) atoms. The molecule has 0 bridgehead atoms. The van der Waals surface area contributed by atoms with Crippen molar-refractivity contribution < 1.29 is 4.79 Å². The number of nitrogens with one attached hydrogen (secondary N) is 1. The van der Waals surface area contributed by atoms with Crippen molar-refractivity contribution in [1.82, 2.24) is 15.0 Å². The van der Waals surface area contributed by atoms with Crippen molar-refractivity contribution in [2.45, 2.75) is 13.5 Å². The van der Waals surface area contributed by atoms with E-state index in [0.29, 0.717) is 17.8 Å². The minimum atomic E-state index is -0.460. The van der Waals surface area contributed by atoms with E-state index < -0.39 is 5.91 Å². The van der Waals surface area contributed by atoms with Crippen LogP contribution in [-0.4, -0.2) is 15.5 Å². The van der Waals surface area contributed by atoms with Gasteiger partial charge in [-0.1, -0.05) is 12.1 Å². The van der Waals surface area contributed by atoms with Gasteiger partial charge >= 0.3 is 0 Å². The van der Waals surface area contributed by atoms with Crippen LogP contribution in [0, 0.1) is 6.92 Å². The first-order valence-electron chi connectivity index (χ1n) is 5.75. The molecule has 1 amide bonds. The predicted molar refractivity (Wildman–Crippen MR) is 70.4 cm³/mol. The fourth-order valence-electron chi connectivity index (χ4n) is 1.72. The predicted octanol–water partition coefficient (Wildman–Crippen LogP) is 0.204. The van der Waals surface area contributed by atoms with Gasteiger partial charge in [-0.3, -0.25) is 15.0 Å². The average molecular weight is 258 g/mol. The second-order valence-electron chi connectivity index (χ2n) is 4.11. The Labute approximate surface area is 109 Å². The molecule has 0 spiro atoms. The van der Waals surface area contributed by atoms with Crippen LogP contribution in [0.3, 0.4) is 0 Å². The SMILES string of the molecule is Cc1cccn(Cc2cccc(C(=O)NN)n2)c1=O. The summed E-state index contributed by atoms with van der Waals surface area (Å²) in [6, 6.07) is 8.57. The van der Waals surface area contributed by atoms with E-state index in [1.807, 2.05) is 5.43 Å². The number of rotatable bonds is 3. The number of hydrogen-bond donors (Lipinski definition) is 2. The Balaban J connectivity index is 2.31. The normalized spacial score (nSPS) is 10.2. The van der Waals surface area contributed by atoms with Crippen molar-refractivity contribution >= 4 is 5.91 Å². The first kappa shape index (κ1) is 13.0. The maximum atomic E-state index is 11.9. The van der Waals surface area contributed by atoms with Crippen LogP contribution in [0.25, 0.3) is 0 Å². The molecule has 0 radical (unpaired) electrons. The van der Waals surface area contributed by atoms with Crippen LogP contribution >= 0.6 is 0 Å². The lowest BCUT2D eigenvalue weighted by atomic mass is 10.2. The molecule has 2 heterocycles. The Hall–Kier alpha value is -2.47. The van der Waals surface area contributed by atoms with Crippen molar-refractivity contribution in [3.63, 3.8) is 0 Å². The largest absolute Gasteiger partial charge is 0.309 e. The molecule has 6 heteroatoms. The number of aryl methyl sites for hydroxylation is 1. The molecule has 0 unspecified atom stereocenters. The second-order valence-corrected chi connectivity index (χ2v) is 4.11. The van der Waals surface area contributed by atoms with E-state index in [4.69, 9.17) is 5.84 Å². The maximum Gasteiger partial charge on any atom is 0.283 e. The first-order chi connectivity index (χ1) is 9.11. The van der Waals surface area contributed by atoms with Gasteiger partial charge in [0, 0.05) is 11.8 Å². The minimum absolute atomic E-state index is 0.0713. The smallest absolute Gasteiger partial charge is 0.283 e. The first-order valence-corrected chi connectivity index (χ1v) is 5.75. The van der Waals surface area contributed by atoms with Crippen LogP contribution < -0.4 is 16.8 Å². The van der Waals surface area contributed by atoms with Gasteiger partial charge in [0.15, 0.2) is 0 Å². The Morgan fingerprint density at radius 2 is 2.16 bits per heavy atom. The number of aromatic nitrogens is 2. The number of nitrogens with zero attached hydrogens (tertiary/aromatic N) is 2. The van der Waals surface area contributed by atoms with Gasteiger partial charge in [-0.05, 0) is 25.1 Å². The molecule has 0 aromatic carbocycles. The van der Waals surface area contributed by atoms with Gasteiger partial charge in [0.1, 0.15) is 5.69 Å². The van der Waals surface area contributed by atoms with Gasteiger partial charge in [-0.15, -0.1) is 0 Å². The Bertz CT molecular complexity index is 664. The lowest BCUT2D eigenvalue weighted by Gasteiger charge is -2.07. The molecule has 0 aliphatic heterocycles. The number of hydrazine groups is 1. The van der Waals surface area contributed by atoms with Gasteiger partial charge in [-0.25, -0.2) is 10.8 Å². The second kappa shape index (κ2) is 5.45. The highest BCUT2D eigenvalue weighted by atomic mass is 16.2. The summed E-state index contributed by atoms with van der Waals surface area (Å²) in [6.45, 7) is 2.07. The number of amides is 1. The van der Waals surface area contributed by atoms with Crippen LogP contribution in [0.15, 0.2) is 41.3 Å². The third-order valence-electron chi connectivity index (χ3n) is 2.71. The molecule has 0 aliphatic rings. The number of nitrogen functional groups attached to an aromatic ring is 1. The maximum absolute atomic E-state index is 11.9. The zero-order chi connectivity index (χ0) is 13.8. The zero-order valence-electron chi connectivity index (χ0n) is 10.5. The third kappa shape index (κ3) is 2.86. The van der Waals surface area contributed by atoms with Gasteiger partial charge in [0.2, 0.25) is 0 Å². The highest BCUT2D eigenvalue weighted by Crippen LogP contribution is 2.01. The summed E-state index contributed by atoms with van der Waals surface area (Å²) < 4.78 is 1.54. The number of hydrogen-bond acceptors (Lipinski definition) is 4. The topological polar surface area (TPSA) is 90.0 Å². The summed E-state index contributed by atoms with van der Waals surface area (Å²) in [6.07, 6.45) is 1.69. The molecule has 3 N–H and O–H groups in total. The van der Waals surface area contributed by atoms with E-state index >= 15 is 0 Å². The van der Waals surface area contributed by atoms with Crippen molar-refractivity contribution in [3.05, 3.63) is 63.8 Å². The fraction of sp³-hybridized carbons (Fsp3) is 0.154. The summed E-state index contributed by atoms with van der Waals surface area (Å²) in [5.74, 6) is 4.60. The molecule has 2 rings (SSSR count). The van der Waals surface area contributed by atoms with Gasteiger partial charge in [0.25, 0.3) is 11.5 Å². The highest BCUT2D eigenvalue weighted by molar-refractivity contribution is 5.91. The molecule has 0 saturated carbocycles. The molecular weight excluding hydrogens is 244 g/mol. The van der Waals surface area contributed by atoms with Gasteiger partial charge in [0.05, 0.1) is 12.2 Å². The summed E-state index contributed by atoms with van der Waals surface area (Å²) in [4.78, 5) is 27.4. The van der Waals surface area contributed by atoms with Crippen LogP contribution in [0.4, 0.5) is 0 Å². The minimum Gasteiger partial charge on any atom is -0.309 e. The lowest BCUT2D eigenvalue weighted by molar-refractivity contribution is 0.0948. The van der Waals surface area contributed by atoms with E-state index in [2.05, 4.69) is 4.98 Å². The van der Waals surface area contributed by atoms with Crippen LogP contribution in [-0.2, 0) is 6.54 Å². The highest BCUT2D eigenvalue weighted by Gasteiger charge is 2.07. The molecule has 6 nitrogen and oxygen atoms in total. The molecule has 0 atom stereocenters. The third-order valence-corrected chi connectivity index (χ3v) is 2.71. The summed E-state index contributed by atoms with van der Waals surface area (Å²) in [7, 11) is 0. The summed E-state index contributed by atoms with van der Waals surface area (Å²) in [5.41, 5.74) is 3.46. The summed E-state index contributed by atoms with van der Waals surface area (Å²) >= 11 is 0. The van der Waals surface area contributed by atoms with Crippen molar-refractivity contribution in [3.8, 4) is 0 Å². The molecular formula is C13H14N4O2. The zero-order valence-corrected chi connectivity index (χ0v) is 10.5. The van der Waals surface area contributed by atoms with E-state index in [9.17, 15) is 9.59 Å². The molecule has 98 valence electrons. The Morgan fingerprint density at radius 1 is 1.37 bits per heavy atom. The van der Waals surface area contributed by atoms with Crippen molar-refractivity contribution in [2.24, 2.45) is 5.84 Å². The van der Waals surface area contributed by atoms with Gasteiger partial charge < -0.3 is 4.57 Å². The van der Waals surface area contributed by atoms with Crippen LogP contribution in [0.5, 0.6) is 0 Å². The number of nitrogens with two attached hydrogens (primary N) is 1. The van der Waals surface area contributed by atoms with E-state index in [1.54, 1.807) is 48.0 Å².